The van der Waals surface area contributed by atoms with Gasteiger partial charge < -0.3 is 19.7 Å². The molecule has 26 heavy (non-hydrogen) atoms. The Kier molecular flexibility index (Phi) is 11.9. The molecule has 0 bridgehead atoms. The Morgan fingerprint density at radius 2 is 2.19 bits per heavy atom. The van der Waals surface area contributed by atoms with Crippen LogP contribution in [0.2, 0.25) is 0 Å². The number of benzene rings is 1. The van der Waals surface area contributed by atoms with Gasteiger partial charge in [-0.15, -0.1) is 24.0 Å². The van der Waals surface area contributed by atoms with Crippen molar-refractivity contribution in [2.24, 2.45) is 4.99 Å². The van der Waals surface area contributed by atoms with Crippen molar-refractivity contribution in [2.45, 2.75) is 45.8 Å². The summed E-state index contributed by atoms with van der Waals surface area (Å²) < 4.78 is 11.3. The summed E-state index contributed by atoms with van der Waals surface area (Å²) in [5, 5.41) is 3.37. The molecule has 1 heterocycles. The van der Waals surface area contributed by atoms with Gasteiger partial charge in [0.15, 0.2) is 5.96 Å². The lowest BCUT2D eigenvalue weighted by atomic mass is 10.1. The molecule has 0 aromatic heterocycles. The Labute approximate surface area is 175 Å². The second kappa shape index (κ2) is 13.3. The first-order valence-electron chi connectivity index (χ1n) is 9.44. The fourth-order valence-corrected chi connectivity index (χ4v) is 2.93. The third-order valence-electron chi connectivity index (χ3n) is 4.40. The van der Waals surface area contributed by atoms with Gasteiger partial charge in [0, 0.05) is 39.9 Å². The number of nitrogens with zero attached hydrogens (tertiary/aromatic N) is 2. The summed E-state index contributed by atoms with van der Waals surface area (Å²) >= 11 is 0. The molecule has 0 saturated carbocycles. The van der Waals surface area contributed by atoms with Gasteiger partial charge in [0.25, 0.3) is 0 Å². The quantitative estimate of drug-likeness (QED) is 0.257. The molecule has 148 valence electrons. The Morgan fingerprint density at radius 1 is 1.38 bits per heavy atom. The number of hydrogen-bond acceptors (Lipinski definition) is 3. The fraction of sp³-hybridized carbons (Fsp3) is 0.650. The maximum absolute atomic E-state index is 5.70. The number of halogens is 1. The van der Waals surface area contributed by atoms with Gasteiger partial charge in [-0.25, -0.2) is 0 Å². The lowest BCUT2D eigenvalue weighted by Gasteiger charge is -2.23. The third-order valence-corrected chi connectivity index (χ3v) is 4.40. The first-order valence-corrected chi connectivity index (χ1v) is 9.44. The van der Waals surface area contributed by atoms with E-state index >= 15 is 0 Å². The number of nitrogens with one attached hydrogen (secondary N) is 1. The molecule has 1 aromatic rings. The highest BCUT2D eigenvalue weighted by Gasteiger charge is 2.15. The van der Waals surface area contributed by atoms with Crippen molar-refractivity contribution in [3.8, 4) is 0 Å². The lowest BCUT2D eigenvalue weighted by molar-refractivity contribution is 0.0170. The van der Waals surface area contributed by atoms with Gasteiger partial charge in [-0.2, -0.15) is 0 Å². The van der Waals surface area contributed by atoms with Crippen LogP contribution in [0, 0.1) is 6.92 Å². The maximum Gasteiger partial charge on any atom is 0.193 e. The molecule has 6 heteroatoms. The highest BCUT2D eigenvalue weighted by Crippen LogP contribution is 2.12. The minimum absolute atomic E-state index is 0. The SMILES string of the molecule is CCNC(=NCCCOCC1CCCO1)N(C)Cc1ccccc1C.I. The lowest BCUT2D eigenvalue weighted by Crippen LogP contribution is -2.38. The zero-order valence-corrected chi connectivity index (χ0v) is 18.7. The molecular formula is C20H34IN3O2. The molecule has 1 aromatic carbocycles. The summed E-state index contributed by atoms with van der Waals surface area (Å²) in [5.41, 5.74) is 2.64. The van der Waals surface area contributed by atoms with Crippen molar-refractivity contribution in [3.05, 3.63) is 35.4 Å². The van der Waals surface area contributed by atoms with Gasteiger partial charge in [0.05, 0.1) is 12.7 Å². The average molecular weight is 475 g/mol. The number of aryl methyl sites for hydroxylation is 1. The summed E-state index contributed by atoms with van der Waals surface area (Å²) in [6.45, 7) is 9.09. The van der Waals surface area contributed by atoms with Crippen LogP contribution >= 0.6 is 24.0 Å². The van der Waals surface area contributed by atoms with Crippen LogP contribution in [-0.2, 0) is 16.0 Å². The summed E-state index contributed by atoms with van der Waals surface area (Å²) in [4.78, 5) is 6.91. The topological polar surface area (TPSA) is 46.1 Å². The molecule has 0 spiro atoms. The van der Waals surface area contributed by atoms with Crippen LogP contribution in [0.1, 0.15) is 37.3 Å². The molecular weight excluding hydrogens is 441 g/mol. The van der Waals surface area contributed by atoms with Gasteiger partial charge in [0.1, 0.15) is 0 Å². The van der Waals surface area contributed by atoms with Gasteiger partial charge in [-0.05, 0) is 44.2 Å². The summed E-state index contributed by atoms with van der Waals surface area (Å²) in [6.07, 6.45) is 3.53. The van der Waals surface area contributed by atoms with Crippen molar-refractivity contribution in [2.75, 3.05) is 40.0 Å². The maximum atomic E-state index is 5.70. The third kappa shape index (κ3) is 8.22. The van der Waals surface area contributed by atoms with E-state index in [4.69, 9.17) is 14.5 Å². The van der Waals surface area contributed by atoms with E-state index in [-0.39, 0.29) is 24.0 Å². The monoisotopic (exact) mass is 475 g/mol. The highest BCUT2D eigenvalue weighted by atomic mass is 127. The van der Waals surface area contributed by atoms with Crippen LogP contribution in [0.4, 0.5) is 0 Å². The largest absolute Gasteiger partial charge is 0.379 e. The molecule has 0 aliphatic carbocycles. The standard InChI is InChI=1S/C20H33N3O2.HI/c1-4-21-20(23(3)15-18-10-6-5-9-17(18)2)22-12-8-13-24-16-19-11-7-14-25-19;/h5-6,9-10,19H,4,7-8,11-16H2,1-3H3,(H,21,22);1H. The molecule has 1 fully saturated rings. The van der Waals surface area contributed by atoms with Gasteiger partial charge in [-0.1, -0.05) is 24.3 Å². The minimum Gasteiger partial charge on any atom is -0.379 e. The van der Waals surface area contributed by atoms with E-state index in [1.54, 1.807) is 0 Å². The zero-order chi connectivity index (χ0) is 17.9. The average Bonchev–Trinajstić information content (AvgIpc) is 3.12. The fourth-order valence-electron chi connectivity index (χ4n) is 2.93. The van der Waals surface area contributed by atoms with Crippen LogP contribution < -0.4 is 5.32 Å². The number of rotatable bonds is 9. The molecule has 1 aliphatic heterocycles. The Bertz CT molecular complexity index is 534. The van der Waals surface area contributed by atoms with Crippen LogP contribution in [0.25, 0.3) is 0 Å². The molecule has 0 radical (unpaired) electrons. The Hall–Kier alpha value is -0.860. The predicted octanol–water partition coefficient (Wildman–Crippen LogP) is 3.60. The van der Waals surface area contributed by atoms with Gasteiger partial charge in [0.2, 0.25) is 0 Å². The summed E-state index contributed by atoms with van der Waals surface area (Å²) in [6, 6.07) is 8.49. The minimum atomic E-state index is 0. The molecule has 2 rings (SSSR count). The highest BCUT2D eigenvalue weighted by molar-refractivity contribution is 14.0. The van der Waals surface area contributed by atoms with E-state index in [0.717, 1.165) is 64.7 Å². The number of ether oxygens (including phenoxy) is 2. The molecule has 1 saturated heterocycles. The van der Waals surface area contributed by atoms with Gasteiger partial charge in [-0.3, -0.25) is 4.99 Å². The predicted molar refractivity (Wildman–Crippen MR) is 118 cm³/mol. The first kappa shape index (κ1) is 23.2. The van der Waals surface area contributed by atoms with E-state index in [1.165, 1.54) is 11.1 Å². The Morgan fingerprint density at radius 3 is 2.88 bits per heavy atom. The second-order valence-corrected chi connectivity index (χ2v) is 6.58. The van der Waals surface area contributed by atoms with Crippen LogP contribution in [-0.4, -0.2) is 56.9 Å². The number of hydrogen-bond donors (Lipinski definition) is 1. The van der Waals surface area contributed by atoms with Crippen molar-refractivity contribution in [1.29, 1.82) is 0 Å². The van der Waals surface area contributed by atoms with Crippen molar-refractivity contribution in [1.82, 2.24) is 10.2 Å². The van der Waals surface area contributed by atoms with E-state index < -0.39 is 0 Å². The zero-order valence-electron chi connectivity index (χ0n) is 16.4. The number of aliphatic imine (C=N–C) groups is 1. The molecule has 1 atom stereocenters. The number of guanidine groups is 1. The van der Waals surface area contributed by atoms with E-state index in [0.29, 0.717) is 6.10 Å². The van der Waals surface area contributed by atoms with Crippen LogP contribution in [0.5, 0.6) is 0 Å². The molecule has 0 amide bonds. The van der Waals surface area contributed by atoms with E-state index in [2.05, 4.69) is 55.4 Å². The van der Waals surface area contributed by atoms with Crippen molar-refractivity contribution < 1.29 is 9.47 Å². The molecule has 1 N–H and O–H groups in total. The first-order chi connectivity index (χ1) is 12.2. The smallest absolute Gasteiger partial charge is 0.193 e. The van der Waals surface area contributed by atoms with E-state index in [1.807, 2.05) is 0 Å². The van der Waals surface area contributed by atoms with Gasteiger partial charge >= 0.3 is 0 Å². The van der Waals surface area contributed by atoms with Crippen molar-refractivity contribution in [3.63, 3.8) is 0 Å². The second-order valence-electron chi connectivity index (χ2n) is 6.58. The van der Waals surface area contributed by atoms with Crippen LogP contribution in [0.15, 0.2) is 29.3 Å². The molecule has 1 aliphatic rings. The van der Waals surface area contributed by atoms with Crippen LogP contribution in [0.3, 0.4) is 0 Å². The molecule has 5 nitrogen and oxygen atoms in total. The summed E-state index contributed by atoms with van der Waals surface area (Å²) in [5.74, 6) is 0.949. The normalized spacial score (nSPS) is 17.0. The Balaban J connectivity index is 0.00000338. The molecule has 1 unspecified atom stereocenters. The summed E-state index contributed by atoms with van der Waals surface area (Å²) in [7, 11) is 2.09. The van der Waals surface area contributed by atoms with E-state index in [9.17, 15) is 0 Å². The van der Waals surface area contributed by atoms with Crippen molar-refractivity contribution >= 4 is 29.9 Å².